The van der Waals surface area contributed by atoms with E-state index in [4.69, 9.17) is 5.10 Å². The first-order valence-electron chi connectivity index (χ1n) is 9.50. The second kappa shape index (κ2) is 6.48. The number of pyridine rings is 1. The summed E-state index contributed by atoms with van der Waals surface area (Å²) < 4.78 is 3.59. The third kappa shape index (κ3) is 3.05. The van der Waals surface area contributed by atoms with E-state index in [2.05, 4.69) is 42.9 Å². The van der Waals surface area contributed by atoms with Gasteiger partial charge < -0.3 is 4.90 Å². The van der Waals surface area contributed by atoms with Crippen LogP contribution in [-0.2, 0) is 17.3 Å². The molecule has 0 radical (unpaired) electrons. The summed E-state index contributed by atoms with van der Waals surface area (Å²) >= 11 is 0. The summed E-state index contributed by atoms with van der Waals surface area (Å²) in [6, 6.07) is 4.48. The molecule has 28 heavy (non-hydrogen) atoms. The number of hydrogen-bond donors (Lipinski definition) is 0. The smallest absolute Gasteiger partial charge is 0.136 e. The van der Waals surface area contributed by atoms with Crippen LogP contribution in [0.5, 0.6) is 0 Å². The molecular weight excluding hydrogens is 352 g/mol. The molecule has 1 aliphatic rings. The van der Waals surface area contributed by atoms with E-state index in [1.165, 1.54) is 0 Å². The molecule has 0 aliphatic carbocycles. The second-order valence-corrected chi connectivity index (χ2v) is 8.42. The first kappa shape index (κ1) is 18.2. The largest absolute Gasteiger partial charge is 0.369 e. The van der Waals surface area contributed by atoms with E-state index in [9.17, 15) is 10.1 Å². The predicted molar refractivity (Wildman–Crippen MR) is 107 cm³/mol. The number of aryl methyl sites for hydroxylation is 1. The topological polar surface area (TPSA) is 79.2 Å². The first-order valence-corrected chi connectivity index (χ1v) is 9.50. The lowest BCUT2D eigenvalue weighted by atomic mass is 9.89. The summed E-state index contributed by atoms with van der Waals surface area (Å²) in [7, 11) is 1.89. The van der Waals surface area contributed by atoms with Crippen molar-refractivity contribution in [1.29, 1.82) is 5.26 Å². The number of carbonyl (C=O) groups excluding carboxylic acids is 1. The minimum absolute atomic E-state index is 0.249. The Labute approximate surface area is 164 Å². The quantitative estimate of drug-likeness (QED) is 0.687. The minimum atomic E-state index is -0.249. The maximum atomic E-state index is 11.7. The summed E-state index contributed by atoms with van der Waals surface area (Å²) in [5, 5.41) is 19.0. The van der Waals surface area contributed by atoms with Crippen LogP contribution in [0.2, 0.25) is 0 Å². The minimum Gasteiger partial charge on any atom is -0.369 e. The van der Waals surface area contributed by atoms with Crippen LogP contribution < -0.4 is 4.90 Å². The van der Waals surface area contributed by atoms with Crippen LogP contribution in [0.15, 0.2) is 24.7 Å². The van der Waals surface area contributed by atoms with E-state index >= 15 is 0 Å². The normalized spacial score (nSPS) is 15.2. The molecule has 7 nitrogen and oxygen atoms in total. The Morgan fingerprint density at radius 2 is 1.86 bits per heavy atom. The standard InChI is InChI=1S/C21H24N6O/c1-21(2,3)20-17(10-22)19-18(26-7-5-16(28)6-8-26)9-14(13-27(19)24-20)15-11-23-25(4)12-15/h9,11-13H,5-8H2,1-4H3. The zero-order valence-corrected chi connectivity index (χ0v) is 16.7. The van der Waals surface area contributed by atoms with Gasteiger partial charge in [0, 0.05) is 61.9 Å². The van der Waals surface area contributed by atoms with E-state index in [-0.39, 0.29) is 5.41 Å². The van der Waals surface area contributed by atoms with Crippen LogP contribution in [0.3, 0.4) is 0 Å². The van der Waals surface area contributed by atoms with Crippen LogP contribution in [0.4, 0.5) is 5.69 Å². The fourth-order valence-corrected chi connectivity index (χ4v) is 3.76. The lowest BCUT2D eigenvalue weighted by Crippen LogP contribution is -2.34. The Hall–Kier alpha value is -3.14. The monoisotopic (exact) mass is 376 g/mol. The van der Waals surface area contributed by atoms with Crippen LogP contribution in [-0.4, -0.2) is 38.3 Å². The molecule has 1 aliphatic heterocycles. The summed E-state index contributed by atoms with van der Waals surface area (Å²) in [4.78, 5) is 13.9. The first-order chi connectivity index (χ1) is 13.3. The molecule has 1 saturated heterocycles. The average molecular weight is 376 g/mol. The Morgan fingerprint density at radius 3 is 2.43 bits per heavy atom. The highest BCUT2D eigenvalue weighted by Gasteiger charge is 2.28. The molecule has 0 amide bonds. The van der Waals surface area contributed by atoms with E-state index < -0.39 is 0 Å². The van der Waals surface area contributed by atoms with Crippen molar-refractivity contribution in [3.05, 3.63) is 35.9 Å². The van der Waals surface area contributed by atoms with Gasteiger partial charge >= 0.3 is 0 Å². The molecule has 7 heteroatoms. The maximum Gasteiger partial charge on any atom is 0.136 e. The third-order valence-electron chi connectivity index (χ3n) is 5.23. The molecule has 0 atom stereocenters. The molecular formula is C21H24N6O. The Balaban J connectivity index is 1.98. The van der Waals surface area contributed by atoms with Crippen LogP contribution >= 0.6 is 0 Å². The van der Waals surface area contributed by atoms with Crippen molar-refractivity contribution in [2.45, 2.75) is 39.0 Å². The number of hydrogen-bond acceptors (Lipinski definition) is 5. The van der Waals surface area contributed by atoms with Crippen molar-refractivity contribution < 1.29 is 4.79 Å². The molecule has 0 aromatic carbocycles. The molecule has 4 rings (SSSR count). The number of nitrogens with zero attached hydrogens (tertiary/aromatic N) is 6. The van der Waals surface area contributed by atoms with Gasteiger partial charge in [0.25, 0.3) is 0 Å². The van der Waals surface area contributed by atoms with Gasteiger partial charge in [-0.15, -0.1) is 0 Å². The van der Waals surface area contributed by atoms with Crippen molar-refractivity contribution >= 4 is 17.0 Å². The Kier molecular flexibility index (Phi) is 4.22. The third-order valence-corrected chi connectivity index (χ3v) is 5.23. The van der Waals surface area contributed by atoms with E-state index in [0.29, 0.717) is 37.3 Å². The molecule has 1 fully saturated rings. The number of Topliss-reactive ketones (excluding diaryl/α,β-unsaturated/α-hetero) is 1. The second-order valence-electron chi connectivity index (χ2n) is 8.42. The van der Waals surface area contributed by atoms with Crippen molar-refractivity contribution in [3.8, 4) is 17.2 Å². The molecule has 4 heterocycles. The highest BCUT2D eigenvalue weighted by Crippen LogP contribution is 2.36. The fraction of sp³-hybridized carbons (Fsp3) is 0.429. The lowest BCUT2D eigenvalue weighted by molar-refractivity contribution is -0.119. The number of rotatable bonds is 2. The van der Waals surface area contributed by atoms with Gasteiger partial charge in [-0.25, -0.2) is 4.52 Å². The number of carbonyl (C=O) groups is 1. The molecule has 0 N–H and O–H groups in total. The van der Waals surface area contributed by atoms with Crippen molar-refractivity contribution in [3.63, 3.8) is 0 Å². The summed E-state index contributed by atoms with van der Waals surface area (Å²) in [6.07, 6.45) is 6.81. The molecule has 0 spiro atoms. The van der Waals surface area contributed by atoms with Gasteiger partial charge in [-0.1, -0.05) is 20.8 Å². The zero-order chi connectivity index (χ0) is 20.1. The zero-order valence-electron chi connectivity index (χ0n) is 16.7. The van der Waals surface area contributed by atoms with E-state index in [0.717, 1.165) is 28.0 Å². The van der Waals surface area contributed by atoms with Gasteiger partial charge in [-0.05, 0) is 6.07 Å². The highest BCUT2D eigenvalue weighted by molar-refractivity contribution is 5.87. The number of anilines is 1. The van der Waals surface area contributed by atoms with Gasteiger partial charge in [0.15, 0.2) is 0 Å². The number of ketones is 1. The van der Waals surface area contributed by atoms with Crippen molar-refractivity contribution in [2.24, 2.45) is 7.05 Å². The molecule has 0 unspecified atom stereocenters. The summed E-state index contributed by atoms with van der Waals surface area (Å²) in [5.74, 6) is 0.292. The van der Waals surface area contributed by atoms with Crippen molar-refractivity contribution in [1.82, 2.24) is 19.4 Å². The van der Waals surface area contributed by atoms with Gasteiger partial charge in [-0.3, -0.25) is 9.48 Å². The Morgan fingerprint density at radius 1 is 1.14 bits per heavy atom. The van der Waals surface area contributed by atoms with Crippen LogP contribution in [0.25, 0.3) is 16.6 Å². The van der Waals surface area contributed by atoms with E-state index in [1.807, 2.05) is 30.2 Å². The Bertz CT molecular complexity index is 1100. The molecule has 0 saturated carbocycles. The highest BCUT2D eigenvalue weighted by atomic mass is 16.1. The average Bonchev–Trinajstić information content (AvgIpc) is 3.24. The van der Waals surface area contributed by atoms with Gasteiger partial charge in [0.2, 0.25) is 0 Å². The van der Waals surface area contributed by atoms with Crippen molar-refractivity contribution in [2.75, 3.05) is 18.0 Å². The number of fused-ring (bicyclic) bond motifs is 1. The van der Waals surface area contributed by atoms with Crippen LogP contribution in [0.1, 0.15) is 44.9 Å². The fourth-order valence-electron chi connectivity index (χ4n) is 3.76. The maximum absolute atomic E-state index is 11.7. The predicted octanol–water partition coefficient (Wildman–Crippen LogP) is 3.07. The van der Waals surface area contributed by atoms with Gasteiger partial charge in [0.05, 0.1) is 17.6 Å². The lowest BCUT2D eigenvalue weighted by Gasteiger charge is -2.29. The molecule has 3 aromatic heterocycles. The SMILES string of the molecule is Cn1cc(-c2cc(N3CCC(=O)CC3)c3c(C#N)c(C(C)(C)C)nn3c2)cn1. The van der Waals surface area contributed by atoms with Gasteiger partial charge in [-0.2, -0.15) is 15.5 Å². The van der Waals surface area contributed by atoms with Crippen LogP contribution in [0, 0.1) is 11.3 Å². The summed E-state index contributed by atoms with van der Waals surface area (Å²) in [5.41, 5.74) is 4.89. The number of nitriles is 1. The number of piperidine rings is 1. The molecule has 144 valence electrons. The number of aromatic nitrogens is 4. The summed E-state index contributed by atoms with van der Waals surface area (Å²) in [6.45, 7) is 7.52. The van der Waals surface area contributed by atoms with E-state index in [1.54, 1.807) is 4.68 Å². The molecule has 0 bridgehead atoms. The molecule has 3 aromatic rings. The van der Waals surface area contributed by atoms with Gasteiger partial charge in [0.1, 0.15) is 22.9 Å².